The maximum absolute atomic E-state index is 10.5. The number of hydrogen-bond acceptors (Lipinski definition) is 3. The Bertz CT molecular complexity index is 610. The number of aromatic nitrogens is 1. The van der Waals surface area contributed by atoms with Crippen molar-refractivity contribution in [3.8, 4) is 5.75 Å². The Balaban J connectivity index is 1.88. The van der Waals surface area contributed by atoms with E-state index in [9.17, 15) is 5.11 Å². The summed E-state index contributed by atoms with van der Waals surface area (Å²) in [7, 11) is 0. The molecule has 0 amide bonds. The molecule has 1 N–H and O–H groups in total. The van der Waals surface area contributed by atoms with Crippen molar-refractivity contribution in [2.24, 2.45) is 0 Å². The van der Waals surface area contributed by atoms with Gasteiger partial charge in [-0.05, 0) is 48.9 Å². The lowest BCUT2D eigenvalue weighted by atomic mass is 9.99. The molecule has 3 nitrogen and oxygen atoms in total. The molecule has 0 radical (unpaired) electrons. The molecule has 1 unspecified atom stereocenters. The van der Waals surface area contributed by atoms with Crippen LogP contribution in [0.4, 0.5) is 0 Å². The van der Waals surface area contributed by atoms with Crippen LogP contribution >= 0.6 is 0 Å². The monoisotopic (exact) mass is 269 g/mol. The highest BCUT2D eigenvalue weighted by molar-refractivity contribution is 5.39. The summed E-state index contributed by atoms with van der Waals surface area (Å²) in [5, 5.41) is 10.5. The maximum atomic E-state index is 10.5. The molecule has 2 aromatic rings. The van der Waals surface area contributed by atoms with E-state index in [1.54, 1.807) is 12.4 Å². The van der Waals surface area contributed by atoms with E-state index in [0.717, 1.165) is 24.0 Å². The van der Waals surface area contributed by atoms with Gasteiger partial charge in [0.1, 0.15) is 11.9 Å². The van der Waals surface area contributed by atoms with Gasteiger partial charge in [0, 0.05) is 11.8 Å². The lowest BCUT2D eigenvalue weighted by Gasteiger charge is -2.14. The number of aliphatic hydroxyl groups is 1. The highest BCUT2D eigenvalue weighted by Crippen LogP contribution is 2.29. The van der Waals surface area contributed by atoms with E-state index in [2.05, 4.69) is 17.1 Å². The smallest absolute Gasteiger partial charge is 0.137 e. The van der Waals surface area contributed by atoms with Gasteiger partial charge in [-0.25, -0.2) is 0 Å². The Labute approximate surface area is 119 Å². The van der Waals surface area contributed by atoms with Crippen LogP contribution in [0.1, 0.15) is 41.7 Å². The third kappa shape index (κ3) is 2.54. The Hall–Kier alpha value is -1.87. The molecule has 1 aromatic heterocycles. The summed E-state index contributed by atoms with van der Waals surface area (Å²) in [4.78, 5) is 4.14. The van der Waals surface area contributed by atoms with Crippen molar-refractivity contribution >= 4 is 0 Å². The lowest BCUT2D eigenvalue weighted by molar-refractivity contribution is 0.219. The van der Waals surface area contributed by atoms with E-state index in [0.29, 0.717) is 12.4 Å². The number of rotatable bonds is 4. The molecule has 0 spiro atoms. The second-order valence-electron chi connectivity index (χ2n) is 5.17. The number of hydrogen-bond donors (Lipinski definition) is 1. The Morgan fingerprint density at radius 1 is 1.15 bits per heavy atom. The molecule has 3 rings (SSSR count). The van der Waals surface area contributed by atoms with Crippen molar-refractivity contribution in [1.82, 2.24) is 4.98 Å². The van der Waals surface area contributed by atoms with E-state index >= 15 is 0 Å². The number of aliphatic hydroxyl groups excluding tert-OH is 1. The van der Waals surface area contributed by atoms with Gasteiger partial charge in [0.15, 0.2) is 0 Å². The van der Waals surface area contributed by atoms with E-state index < -0.39 is 6.10 Å². The first-order valence-corrected chi connectivity index (χ1v) is 7.15. The minimum absolute atomic E-state index is 0.597. The third-order valence-corrected chi connectivity index (χ3v) is 3.80. The van der Waals surface area contributed by atoms with Gasteiger partial charge in [0.25, 0.3) is 0 Å². The summed E-state index contributed by atoms with van der Waals surface area (Å²) in [6.45, 7) is 2.53. The summed E-state index contributed by atoms with van der Waals surface area (Å²) in [6.07, 6.45) is 6.22. The van der Waals surface area contributed by atoms with Crippen LogP contribution in [0.2, 0.25) is 0 Å². The molecule has 1 atom stereocenters. The van der Waals surface area contributed by atoms with Gasteiger partial charge in [0.05, 0.1) is 12.8 Å². The largest absolute Gasteiger partial charge is 0.492 e. The molecule has 0 saturated carbocycles. The van der Waals surface area contributed by atoms with Crippen molar-refractivity contribution < 1.29 is 9.84 Å². The third-order valence-electron chi connectivity index (χ3n) is 3.80. The quantitative estimate of drug-likeness (QED) is 0.927. The summed E-state index contributed by atoms with van der Waals surface area (Å²) in [5.41, 5.74) is 4.49. The van der Waals surface area contributed by atoms with Gasteiger partial charge in [0.2, 0.25) is 0 Å². The minimum Gasteiger partial charge on any atom is -0.492 e. The van der Waals surface area contributed by atoms with Crippen LogP contribution in [-0.2, 0) is 12.8 Å². The zero-order valence-corrected chi connectivity index (χ0v) is 11.7. The van der Waals surface area contributed by atoms with Gasteiger partial charge in [-0.1, -0.05) is 18.2 Å². The molecule has 1 aliphatic rings. The zero-order chi connectivity index (χ0) is 13.9. The van der Waals surface area contributed by atoms with E-state index in [4.69, 9.17) is 4.74 Å². The van der Waals surface area contributed by atoms with Crippen LogP contribution in [0, 0.1) is 0 Å². The fourth-order valence-electron chi connectivity index (χ4n) is 2.79. The second kappa shape index (κ2) is 5.63. The predicted molar refractivity (Wildman–Crippen MR) is 77.9 cm³/mol. The molecule has 1 heterocycles. The Morgan fingerprint density at radius 2 is 2.00 bits per heavy atom. The number of nitrogens with zero attached hydrogens (tertiary/aromatic N) is 1. The normalized spacial score (nSPS) is 14.9. The van der Waals surface area contributed by atoms with Crippen LogP contribution in [0.15, 0.2) is 36.7 Å². The second-order valence-corrected chi connectivity index (χ2v) is 5.17. The van der Waals surface area contributed by atoms with Crippen LogP contribution in [0.3, 0.4) is 0 Å². The zero-order valence-electron chi connectivity index (χ0n) is 11.7. The van der Waals surface area contributed by atoms with Gasteiger partial charge >= 0.3 is 0 Å². The van der Waals surface area contributed by atoms with Crippen molar-refractivity contribution in [2.75, 3.05) is 6.61 Å². The molecular formula is C17H19NO2. The maximum Gasteiger partial charge on any atom is 0.137 e. The average Bonchev–Trinajstić information content (AvgIpc) is 2.94. The number of fused-ring (bicyclic) bond motifs is 1. The highest BCUT2D eigenvalue weighted by atomic mass is 16.5. The molecule has 20 heavy (non-hydrogen) atoms. The average molecular weight is 269 g/mol. The van der Waals surface area contributed by atoms with E-state index in [1.807, 2.05) is 19.1 Å². The molecular weight excluding hydrogens is 250 g/mol. The highest BCUT2D eigenvalue weighted by Gasteiger charge is 2.16. The van der Waals surface area contributed by atoms with Crippen molar-refractivity contribution in [1.29, 1.82) is 0 Å². The molecule has 3 heteroatoms. The summed E-state index contributed by atoms with van der Waals surface area (Å²) >= 11 is 0. The predicted octanol–water partition coefficient (Wildman–Crippen LogP) is 3.05. The van der Waals surface area contributed by atoms with Crippen LogP contribution in [-0.4, -0.2) is 16.7 Å². The molecule has 1 aromatic carbocycles. The lowest BCUT2D eigenvalue weighted by Crippen LogP contribution is -2.02. The number of ether oxygens (including phenoxy) is 1. The number of pyridine rings is 1. The van der Waals surface area contributed by atoms with Crippen molar-refractivity contribution in [3.05, 3.63) is 58.9 Å². The summed E-state index contributed by atoms with van der Waals surface area (Å²) < 4.78 is 5.43. The minimum atomic E-state index is -0.645. The van der Waals surface area contributed by atoms with Gasteiger partial charge in [-0.3, -0.25) is 4.98 Å². The number of benzene rings is 1. The molecule has 0 aliphatic heterocycles. The SMILES string of the molecule is CCOc1cncc(C(O)c2ccc3c(c2)CCC3)c1. The van der Waals surface area contributed by atoms with Gasteiger partial charge in [-0.15, -0.1) is 0 Å². The fourth-order valence-corrected chi connectivity index (χ4v) is 2.79. The van der Waals surface area contributed by atoms with E-state index in [-0.39, 0.29) is 0 Å². The standard InChI is InChI=1S/C17H19NO2/c1-2-20-16-9-15(10-18-11-16)17(19)14-7-6-12-4-3-5-13(12)8-14/h6-11,17,19H,2-5H2,1H3. The first-order chi connectivity index (χ1) is 9.78. The molecule has 104 valence electrons. The van der Waals surface area contributed by atoms with Crippen molar-refractivity contribution in [3.63, 3.8) is 0 Å². The van der Waals surface area contributed by atoms with Gasteiger partial charge in [-0.2, -0.15) is 0 Å². The molecule has 0 bridgehead atoms. The number of aryl methyl sites for hydroxylation is 2. The Morgan fingerprint density at radius 3 is 2.85 bits per heavy atom. The first-order valence-electron chi connectivity index (χ1n) is 7.15. The molecule has 0 saturated heterocycles. The van der Waals surface area contributed by atoms with E-state index in [1.165, 1.54) is 17.5 Å². The fraction of sp³-hybridized carbons (Fsp3) is 0.353. The van der Waals surface area contributed by atoms with Crippen molar-refractivity contribution in [2.45, 2.75) is 32.3 Å². The Kier molecular flexibility index (Phi) is 3.70. The summed E-state index contributed by atoms with van der Waals surface area (Å²) in [6, 6.07) is 8.14. The molecule has 1 aliphatic carbocycles. The topological polar surface area (TPSA) is 42.4 Å². The first kappa shape index (κ1) is 13.1. The summed E-state index contributed by atoms with van der Waals surface area (Å²) in [5.74, 6) is 0.699. The molecule has 0 fully saturated rings. The van der Waals surface area contributed by atoms with Crippen LogP contribution < -0.4 is 4.74 Å². The van der Waals surface area contributed by atoms with Crippen LogP contribution in [0.25, 0.3) is 0 Å². The van der Waals surface area contributed by atoms with Crippen LogP contribution in [0.5, 0.6) is 5.75 Å². The van der Waals surface area contributed by atoms with Gasteiger partial charge < -0.3 is 9.84 Å².